The number of aromatic nitrogens is 1. The van der Waals surface area contributed by atoms with E-state index in [1.165, 1.54) is 6.20 Å². The Hall–Kier alpha value is -1.13. The zero-order valence-electron chi connectivity index (χ0n) is 10.0. The molecule has 1 aromatic carbocycles. The fourth-order valence-corrected chi connectivity index (χ4v) is 3.84. The van der Waals surface area contributed by atoms with Crippen molar-refractivity contribution in [3.05, 3.63) is 36.5 Å². The average molecular weight is 284 g/mol. The minimum Gasteiger partial charge on any atom is -0.244 e. The number of alkyl halides is 1. The largest absolute Gasteiger partial charge is 0.244 e. The molecule has 1 heterocycles. The Kier molecular flexibility index (Phi) is 3.88. The summed E-state index contributed by atoms with van der Waals surface area (Å²) < 4.78 is 24.6. The third-order valence-electron chi connectivity index (χ3n) is 2.70. The molecular formula is C13H14ClNO2S. The van der Waals surface area contributed by atoms with Crippen LogP contribution in [0.3, 0.4) is 0 Å². The first-order valence-corrected chi connectivity index (χ1v) is 7.86. The molecule has 1 aromatic heterocycles. The van der Waals surface area contributed by atoms with E-state index >= 15 is 0 Å². The summed E-state index contributed by atoms with van der Waals surface area (Å²) in [6, 6.07) is 9.15. The van der Waals surface area contributed by atoms with Crippen LogP contribution in [0.15, 0.2) is 41.6 Å². The predicted octanol–water partition coefficient (Wildman–Crippen LogP) is 2.88. The minimum absolute atomic E-state index is 0.0253. The number of pyridine rings is 1. The van der Waals surface area contributed by atoms with Crippen molar-refractivity contribution in [1.29, 1.82) is 0 Å². The number of benzene rings is 1. The lowest BCUT2D eigenvalue weighted by molar-refractivity contribution is 0.580. The highest BCUT2D eigenvalue weighted by Gasteiger charge is 2.21. The molecule has 2 aromatic rings. The van der Waals surface area contributed by atoms with Gasteiger partial charge in [-0.3, -0.25) is 0 Å². The van der Waals surface area contributed by atoms with Crippen LogP contribution in [0, 0.1) is 5.92 Å². The number of halogens is 1. The Morgan fingerprint density at radius 1 is 1.28 bits per heavy atom. The van der Waals surface area contributed by atoms with Crippen molar-refractivity contribution in [2.75, 3.05) is 11.6 Å². The number of sulfone groups is 1. The van der Waals surface area contributed by atoms with Crippen molar-refractivity contribution in [3.8, 4) is 0 Å². The minimum atomic E-state index is -3.39. The van der Waals surface area contributed by atoms with Gasteiger partial charge in [-0.2, -0.15) is 0 Å². The van der Waals surface area contributed by atoms with E-state index in [1.54, 1.807) is 12.1 Å². The van der Waals surface area contributed by atoms with Gasteiger partial charge in [0.1, 0.15) is 0 Å². The quantitative estimate of drug-likeness (QED) is 0.811. The maximum Gasteiger partial charge on any atom is 0.196 e. The zero-order valence-corrected chi connectivity index (χ0v) is 11.6. The molecule has 0 saturated carbocycles. The van der Waals surface area contributed by atoms with E-state index < -0.39 is 9.84 Å². The molecule has 0 N–H and O–H groups in total. The first kappa shape index (κ1) is 13.3. The van der Waals surface area contributed by atoms with Gasteiger partial charge in [0.05, 0.1) is 5.75 Å². The van der Waals surface area contributed by atoms with Crippen LogP contribution in [0.4, 0.5) is 0 Å². The van der Waals surface area contributed by atoms with Gasteiger partial charge < -0.3 is 0 Å². The Labute approximate surface area is 112 Å². The third kappa shape index (κ3) is 2.65. The second-order valence-electron chi connectivity index (χ2n) is 4.38. The molecule has 18 heavy (non-hydrogen) atoms. The molecular weight excluding hydrogens is 270 g/mol. The van der Waals surface area contributed by atoms with Gasteiger partial charge in [0.2, 0.25) is 0 Å². The van der Waals surface area contributed by atoms with Gasteiger partial charge in [-0.1, -0.05) is 31.2 Å². The molecule has 0 aliphatic rings. The number of nitrogens with zero attached hydrogens (tertiary/aromatic N) is 1. The summed E-state index contributed by atoms with van der Waals surface area (Å²) in [5.41, 5.74) is 0. The molecule has 0 saturated heterocycles. The van der Waals surface area contributed by atoms with Gasteiger partial charge >= 0.3 is 0 Å². The molecule has 0 bridgehead atoms. The van der Waals surface area contributed by atoms with E-state index in [9.17, 15) is 8.42 Å². The lowest BCUT2D eigenvalue weighted by Crippen LogP contribution is -2.16. The monoisotopic (exact) mass is 283 g/mol. The number of rotatable bonds is 4. The predicted molar refractivity (Wildman–Crippen MR) is 73.7 cm³/mol. The number of fused-ring (bicyclic) bond motifs is 1. The van der Waals surface area contributed by atoms with E-state index in [2.05, 4.69) is 4.98 Å². The Morgan fingerprint density at radius 3 is 2.72 bits per heavy atom. The van der Waals surface area contributed by atoms with Crippen LogP contribution in [0.5, 0.6) is 0 Å². The maximum absolute atomic E-state index is 12.3. The smallest absolute Gasteiger partial charge is 0.196 e. The summed E-state index contributed by atoms with van der Waals surface area (Å²) in [5.74, 6) is 0.263. The molecule has 1 unspecified atom stereocenters. The van der Waals surface area contributed by atoms with Crippen LogP contribution >= 0.6 is 11.6 Å². The Balaban J connectivity index is 2.54. The summed E-state index contributed by atoms with van der Waals surface area (Å²) in [7, 11) is -3.39. The van der Waals surface area contributed by atoms with Crippen LogP contribution < -0.4 is 0 Å². The van der Waals surface area contributed by atoms with Gasteiger partial charge in [0.15, 0.2) is 14.9 Å². The van der Waals surface area contributed by atoms with Crippen LogP contribution in [-0.4, -0.2) is 25.0 Å². The van der Waals surface area contributed by atoms with Gasteiger partial charge in [0, 0.05) is 17.5 Å². The van der Waals surface area contributed by atoms with Gasteiger partial charge in [-0.25, -0.2) is 13.4 Å². The highest BCUT2D eigenvalue weighted by Crippen LogP contribution is 2.22. The van der Waals surface area contributed by atoms with E-state index in [0.717, 1.165) is 5.39 Å². The maximum atomic E-state index is 12.3. The first-order valence-electron chi connectivity index (χ1n) is 5.67. The lowest BCUT2D eigenvalue weighted by Gasteiger charge is -2.10. The molecule has 0 amide bonds. The van der Waals surface area contributed by atoms with Crippen molar-refractivity contribution in [2.24, 2.45) is 5.92 Å². The van der Waals surface area contributed by atoms with E-state index in [1.807, 2.05) is 25.1 Å². The fourth-order valence-electron chi connectivity index (χ4n) is 1.84. The SMILES string of the molecule is CC(CCl)CS(=O)(=O)c1nccc2ccccc12. The van der Waals surface area contributed by atoms with E-state index in [0.29, 0.717) is 11.3 Å². The van der Waals surface area contributed by atoms with Gasteiger partial charge in [-0.15, -0.1) is 11.6 Å². The molecule has 0 aliphatic heterocycles. The Bertz CT molecular complexity index is 650. The van der Waals surface area contributed by atoms with Crippen molar-refractivity contribution in [3.63, 3.8) is 0 Å². The Morgan fingerprint density at radius 2 is 2.00 bits per heavy atom. The molecule has 0 fully saturated rings. The first-order chi connectivity index (χ1) is 8.54. The number of hydrogen-bond acceptors (Lipinski definition) is 3. The van der Waals surface area contributed by atoms with Gasteiger partial charge in [0.25, 0.3) is 0 Å². The fraction of sp³-hybridized carbons (Fsp3) is 0.308. The van der Waals surface area contributed by atoms with Gasteiger partial charge in [-0.05, 0) is 17.4 Å². The molecule has 0 aliphatic carbocycles. The lowest BCUT2D eigenvalue weighted by atomic mass is 10.2. The highest BCUT2D eigenvalue weighted by molar-refractivity contribution is 7.91. The number of hydrogen-bond donors (Lipinski definition) is 0. The van der Waals surface area contributed by atoms with Crippen LogP contribution in [0.1, 0.15) is 6.92 Å². The molecule has 3 nitrogen and oxygen atoms in total. The molecule has 2 rings (SSSR count). The summed E-state index contributed by atoms with van der Waals surface area (Å²) in [4.78, 5) is 4.03. The van der Waals surface area contributed by atoms with Crippen molar-refractivity contribution < 1.29 is 8.42 Å². The molecule has 96 valence electrons. The second kappa shape index (κ2) is 5.24. The molecule has 0 spiro atoms. The summed E-state index contributed by atoms with van der Waals surface area (Å²) >= 11 is 5.68. The highest BCUT2D eigenvalue weighted by atomic mass is 35.5. The van der Waals surface area contributed by atoms with Crippen molar-refractivity contribution >= 4 is 32.2 Å². The summed E-state index contributed by atoms with van der Waals surface area (Å²) in [6.45, 7) is 1.82. The van der Waals surface area contributed by atoms with Crippen LogP contribution in [0.25, 0.3) is 10.8 Å². The summed E-state index contributed by atoms with van der Waals surface area (Å²) in [5, 5.41) is 1.70. The van der Waals surface area contributed by atoms with Crippen molar-refractivity contribution in [1.82, 2.24) is 4.98 Å². The van der Waals surface area contributed by atoms with E-state index in [4.69, 9.17) is 11.6 Å². The standard InChI is InChI=1S/C13H14ClNO2S/c1-10(8-14)9-18(16,17)13-12-5-3-2-4-11(12)6-7-15-13/h2-7,10H,8-9H2,1H3. The third-order valence-corrected chi connectivity index (χ3v) is 5.15. The van der Waals surface area contributed by atoms with Crippen LogP contribution in [0.2, 0.25) is 0 Å². The second-order valence-corrected chi connectivity index (χ2v) is 6.64. The van der Waals surface area contributed by atoms with E-state index in [-0.39, 0.29) is 16.7 Å². The average Bonchev–Trinajstić information content (AvgIpc) is 2.37. The molecule has 1 atom stereocenters. The van der Waals surface area contributed by atoms with Crippen molar-refractivity contribution in [2.45, 2.75) is 11.9 Å². The molecule has 0 radical (unpaired) electrons. The molecule has 5 heteroatoms. The van der Waals surface area contributed by atoms with Crippen LogP contribution in [-0.2, 0) is 9.84 Å². The topological polar surface area (TPSA) is 47.0 Å². The zero-order chi connectivity index (χ0) is 13.2. The summed E-state index contributed by atoms with van der Waals surface area (Å²) in [6.07, 6.45) is 1.53. The normalized spacial score (nSPS) is 13.7.